The van der Waals surface area contributed by atoms with Crippen molar-refractivity contribution in [2.24, 2.45) is 0 Å². The van der Waals surface area contributed by atoms with Gasteiger partial charge < -0.3 is 63.8 Å². The molecule has 17 nitrogen and oxygen atoms in total. The van der Waals surface area contributed by atoms with Gasteiger partial charge in [0.05, 0.1) is 6.61 Å². The van der Waals surface area contributed by atoms with E-state index in [-0.39, 0.29) is 5.56 Å². The minimum atomic E-state index is -2.48. The molecule has 244 valence electrons. The van der Waals surface area contributed by atoms with Gasteiger partial charge in [-0.2, -0.15) is 0 Å². The molecule has 2 fully saturated rings. The quantitative estimate of drug-likeness (QED) is 0.0668. The van der Waals surface area contributed by atoms with Crippen molar-refractivity contribution in [3.8, 4) is 11.5 Å². The van der Waals surface area contributed by atoms with Crippen LogP contribution in [-0.2, 0) is 52.3 Å². The molecule has 3 rings (SSSR count). The second kappa shape index (κ2) is 14.8. The first-order valence-electron chi connectivity index (χ1n) is 13.2. The molecule has 2 aliphatic heterocycles. The third kappa shape index (κ3) is 8.41. The van der Waals surface area contributed by atoms with Gasteiger partial charge in [0.1, 0.15) is 43.7 Å². The second-order valence-electron chi connectivity index (χ2n) is 9.88. The molecule has 0 saturated carbocycles. The molecule has 44 heavy (non-hydrogen) atoms. The Kier molecular flexibility index (Phi) is 11.6. The van der Waals surface area contributed by atoms with E-state index in [1.54, 1.807) is 0 Å². The highest BCUT2D eigenvalue weighted by molar-refractivity contribution is 5.87. The Hall–Kier alpha value is -3.84. The van der Waals surface area contributed by atoms with Crippen molar-refractivity contribution in [1.82, 2.24) is 0 Å². The van der Waals surface area contributed by atoms with Crippen LogP contribution < -0.4 is 0 Å². The summed E-state index contributed by atoms with van der Waals surface area (Å²) in [5.41, 5.74) is 0.266. The van der Waals surface area contributed by atoms with Crippen LogP contribution in [0.5, 0.6) is 11.5 Å². The van der Waals surface area contributed by atoms with E-state index in [1.165, 1.54) is 18.2 Å². The predicted molar refractivity (Wildman–Crippen MR) is 140 cm³/mol. The number of carbonyl (C=O) groups excluding carboxylic acids is 4. The molecule has 0 bridgehead atoms. The fourth-order valence-corrected chi connectivity index (χ4v) is 4.42. The normalized spacial score (nSPS) is 31.8. The van der Waals surface area contributed by atoms with Gasteiger partial charge in [-0.25, -0.2) is 4.79 Å². The van der Waals surface area contributed by atoms with E-state index in [0.29, 0.717) is 0 Å². The lowest BCUT2D eigenvalue weighted by Crippen LogP contribution is -2.64. The van der Waals surface area contributed by atoms with Crippen LogP contribution in [0, 0.1) is 0 Å². The van der Waals surface area contributed by atoms with E-state index in [4.69, 9.17) is 33.2 Å². The van der Waals surface area contributed by atoms with Crippen molar-refractivity contribution in [3.05, 3.63) is 29.8 Å². The molecule has 9 atom stereocenters. The molecule has 0 spiro atoms. The summed E-state index contributed by atoms with van der Waals surface area (Å²) in [5, 5.41) is 61.2. The van der Waals surface area contributed by atoms with Crippen LogP contribution in [0.2, 0.25) is 0 Å². The van der Waals surface area contributed by atoms with Crippen LogP contribution in [0.15, 0.2) is 24.3 Å². The Morgan fingerprint density at radius 2 is 1.57 bits per heavy atom. The highest BCUT2D eigenvalue weighted by Gasteiger charge is 2.62. The van der Waals surface area contributed by atoms with Gasteiger partial charge in [0.2, 0.25) is 12.1 Å². The van der Waals surface area contributed by atoms with Gasteiger partial charge >= 0.3 is 23.9 Å². The van der Waals surface area contributed by atoms with Gasteiger partial charge in [0, 0.05) is 26.8 Å². The Bertz CT molecular complexity index is 1230. The van der Waals surface area contributed by atoms with E-state index in [1.807, 2.05) is 0 Å². The summed E-state index contributed by atoms with van der Waals surface area (Å²) in [6, 6.07) is 3.68. The lowest BCUT2D eigenvalue weighted by atomic mass is 9.98. The van der Waals surface area contributed by atoms with E-state index in [9.17, 15) is 49.8 Å². The monoisotopic (exact) mass is 630 g/mol. The maximum absolute atomic E-state index is 12.9. The van der Waals surface area contributed by atoms with Crippen molar-refractivity contribution in [3.63, 3.8) is 0 Å². The zero-order valence-electron chi connectivity index (χ0n) is 23.8. The molecule has 17 heteroatoms. The molecule has 0 amide bonds. The third-order valence-electron chi connectivity index (χ3n) is 6.50. The van der Waals surface area contributed by atoms with Crippen LogP contribution in [0.25, 0.3) is 6.08 Å². The van der Waals surface area contributed by atoms with Crippen LogP contribution in [0.1, 0.15) is 26.3 Å². The Morgan fingerprint density at radius 1 is 0.886 bits per heavy atom. The van der Waals surface area contributed by atoms with Gasteiger partial charge in [-0.1, -0.05) is 6.07 Å². The maximum Gasteiger partial charge on any atom is 0.331 e. The highest BCUT2D eigenvalue weighted by Crippen LogP contribution is 2.39. The smallest absolute Gasteiger partial charge is 0.331 e. The Morgan fingerprint density at radius 3 is 2.16 bits per heavy atom. The summed E-state index contributed by atoms with van der Waals surface area (Å²) in [5.74, 6) is -7.03. The van der Waals surface area contributed by atoms with Crippen LogP contribution >= 0.6 is 0 Å². The molecule has 0 aliphatic carbocycles. The SMILES string of the molecule is CC(=O)OCC1OC(OC2(COC(C)=O)OC(CO)C(O)C2OC(=O)C=Cc2ccc(O)c(O)c2)C(OC(C)=O)C(O)C1O. The van der Waals surface area contributed by atoms with Crippen LogP contribution in [0.3, 0.4) is 0 Å². The van der Waals surface area contributed by atoms with Crippen molar-refractivity contribution in [2.75, 3.05) is 19.8 Å². The summed E-state index contributed by atoms with van der Waals surface area (Å²) in [6.07, 6.45) is -11.9. The number of benzene rings is 1. The molecule has 2 saturated heterocycles. The van der Waals surface area contributed by atoms with Gasteiger partial charge in [-0.15, -0.1) is 0 Å². The average molecular weight is 631 g/mol. The largest absolute Gasteiger partial charge is 0.504 e. The molecule has 2 heterocycles. The molecule has 2 aliphatic rings. The topological polar surface area (TPSA) is 254 Å². The zero-order chi connectivity index (χ0) is 32.8. The van der Waals surface area contributed by atoms with Crippen LogP contribution in [-0.4, -0.2) is 129 Å². The van der Waals surface area contributed by atoms with Crippen molar-refractivity contribution in [1.29, 1.82) is 0 Å². The lowest BCUT2D eigenvalue weighted by molar-refractivity contribution is -0.384. The van der Waals surface area contributed by atoms with Crippen molar-refractivity contribution >= 4 is 30.0 Å². The fourth-order valence-electron chi connectivity index (χ4n) is 4.42. The summed E-state index contributed by atoms with van der Waals surface area (Å²) in [4.78, 5) is 47.8. The summed E-state index contributed by atoms with van der Waals surface area (Å²) < 4.78 is 37.7. The number of aromatic hydroxyl groups is 2. The molecule has 6 N–H and O–H groups in total. The first-order chi connectivity index (χ1) is 20.7. The minimum absolute atomic E-state index is 0.266. The average Bonchev–Trinajstić information content (AvgIpc) is 3.21. The maximum atomic E-state index is 12.9. The van der Waals surface area contributed by atoms with E-state index >= 15 is 0 Å². The summed E-state index contributed by atoms with van der Waals surface area (Å²) >= 11 is 0. The number of hydrogen-bond donors (Lipinski definition) is 6. The lowest BCUT2D eigenvalue weighted by Gasteiger charge is -2.44. The van der Waals surface area contributed by atoms with Gasteiger partial charge in [0.15, 0.2) is 23.7 Å². The fraction of sp³-hybridized carbons (Fsp3) is 0.556. The Labute approximate surface area is 250 Å². The first-order valence-corrected chi connectivity index (χ1v) is 13.2. The van der Waals surface area contributed by atoms with Gasteiger partial charge in [-0.05, 0) is 23.8 Å². The Balaban J connectivity index is 1.98. The number of hydrogen-bond acceptors (Lipinski definition) is 17. The molecule has 1 aromatic rings. The number of ether oxygens (including phenoxy) is 7. The molecule has 0 aromatic heterocycles. The third-order valence-corrected chi connectivity index (χ3v) is 6.50. The molecular weight excluding hydrogens is 596 g/mol. The summed E-state index contributed by atoms with van der Waals surface area (Å²) in [6.45, 7) is 0.749. The van der Waals surface area contributed by atoms with Crippen molar-refractivity contribution < 1.29 is 83.0 Å². The van der Waals surface area contributed by atoms with Gasteiger partial charge in [0.25, 0.3) is 0 Å². The van der Waals surface area contributed by atoms with E-state index < -0.39 is 110 Å². The van der Waals surface area contributed by atoms with Gasteiger partial charge in [-0.3, -0.25) is 14.4 Å². The molecule has 9 unspecified atom stereocenters. The number of aliphatic hydroxyl groups is 4. The highest BCUT2D eigenvalue weighted by atomic mass is 16.8. The molecular formula is C27H34O17. The number of carbonyl (C=O) groups is 4. The molecule has 1 aromatic carbocycles. The predicted octanol–water partition coefficient (Wildman–Crippen LogP) is -2.01. The number of esters is 4. The van der Waals surface area contributed by atoms with E-state index in [0.717, 1.165) is 32.9 Å². The number of phenols is 2. The first kappa shape index (κ1) is 34.6. The number of phenolic OH excluding ortho intramolecular Hbond substituents is 2. The molecule has 0 radical (unpaired) electrons. The van der Waals surface area contributed by atoms with Crippen molar-refractivity contribution in [2.45, 2.75) is 75.6 Å². The van der Waals surface area contributed by atoms with Crippen LogP contribution in [0.4, 0.5) is 0 Å². The van der Waals surface area contributed by atoms with E-state index in [2.05, 4.69) is 0 Å². The number of aliphatic hydroxyl groups excluding tert-OH is 4. The second-order valence-corrected chi connectivity index (χ2v) is 9.88. The standard InChI is InChI=1S/C27H34O17/c1-12(29)38-10-19-21(35)23(37)24(40-14(3)31)26(41-19)44-27(11-39-13(2)30)25(22(36)18(9-28)43-27)42-20(34)7-5-15-4-6-16(32)17(33)8-15/h4-8,18-19,21-26,28,32-33,35-37H,9-11H2,1-3H3. The number of rotatable bonds is 11. The zero-order valence-corrected chi connectivity index (χ0v) is 23.8. The summed E-state index contributed by atoms with van der Waals surface area (Å²) in [7, 11) is 0. The minimum Gasteiger partial charge on any atom is -0.504 e.